The van der Waals surface area contributed by atoms with E-state index in [0.717, 1.165) is 37.4 Å². The van der Waals surface area contributed by atoms with Gasteiger partial charge in [0.15, 0.2) is 0 Å². The Kier molecular flexibility index (Phi) is 4.94. The van der Waals surface area contributed by atoms with Crippen molar-refractivity contribution in [1.29, 1.82) is 0 Å². The number of nitrogens with zero attached hydrogens (tertiary/aromatic N) is 4. The smallest absolute Gasteiger partial charge is 0.325 e. The maximum Gasteiger partial charge on any atom is 0.325 e. The van der Waals surface area contributed by atoms with Crippen molar-refractivity contribution in [2.24, 2.45) is 0 Å². The molecule has 1 amide bonds. The topological polar surface area (TPSA) is 110 Å². The molecule has 1 aromatic heterocycles. The summed E-state index contributed by atoms with van der Waals surface area (Å²) < 4.78 is 1.17. The van der Waals surface area contributed by atoms with Gasteiger partial charge in [0.25, 0.3) is 0 Å². The summed E-state index contributed by atoms with van der Waals surface area (Å²) in [6.45, 7) is 1.45. The van der Waals surface area contributed by atoms with Gasteiger partial charge < -0.3 is 10.4 Å². The predicted molar refractivity (Wildman–Crippen MR) is 71.2 cm³/mol. The number of carbonyl (C=O) groups is 2. The quantitative estimate of drug-likeness (QED) is 0.727. The maximum absolute atomic E-state index is 12.0. The van der Waals surface area contributed by atoms with Crippen LogP contribution in [0.25, 0.3) is 0 Å². The largest absolute Gasteiger partial charge is 0.480 e. The molecular formula is C11H17N5O3S. The van der Waals surface area contributed by atoms with Gasteiger partial charge in [0.1, 0.15) is 6.54 Å². The van der Waals surface area contributed by atoms with E-state index in [4.69, 9.17) is 5.11 Å². The van der Waals surface area contributed by atoms with Crippen LogP contribution in [0.1, 0.15) is 32.6 Å². The van der Waals surface area contributed by atoms with Gasteiger partial charge in [-0.1, -0.05) is 24.6 Å². The van der Waals surface area contributed by atoms with Crippen molar-refractivity contribution < 1.29 is 14.7 Å². The number of amides is 1. The van der Waals surface area contributed by atoms with Crippen LogP contribution in [-0.2, 0) is 16.1 Å². The van der Waals surface area contributed by atoms with Gasteiger partial charge in [-0.05, 0) is 30.2 Å². The molecule has 8 nitrogen and oxygen atoms in total. The monoisotopic (exact) mass is 299 g/mol. The molecule has 1 atom stereocenters. The van der Waals surface area contributed by atoms with Gasteiger partial charge in [0.2, 0.25) is 11.1 Å². The minimum Gasteiger partial charge on any atom is -0.480 e. The number of thioether (sulfide) groups is 1. The van der Waals surface area contributed by atoms with Crippen molar-refractivity contribution in [1.82, 2.24) is 25.5 Å². The van der Waals surface area contributed by atoms with Gasteiger partial charge in [-0.2, -0.15) is 0 Å². The number of nitrogens with one attached hydrogen (secondary N) is 1. The highest BCUT2D eigenvalue weighted by Gasteiger charge is 2.23. The van der Waals surface area contributed by atoms with E-state index in [1.54, 1.807) is 6.92 Å². The van der Waals surface area contributed by atoms with Gasteiger partial charge in [0, 0.05) is 6.04 Å². The number of aliphatic carboxylic acids is 1. The summed E-state index contributed by atoms with van der Waals surface area (Å²) >= 11 is 1.16. The molecule has 1 saturated carbocycles. The molecule has 1 unspecified atom stereocenters. The Labute approximate surface area is 120 Å². The third kappa shape index (κ3) is 3.92. The van der Waals surface area contributed by atoms with E-state index >= 15 is 0 Å². The second-order valence-electron chi connectivity index (χ2n) is 4.76. The molecule has 20 heavy (non-hydrogen) atoms. The standard InChI is InChI=1S/C11H17N5O3S/c1-7(10(19)12-8-4-2-3-5-8)20-11-13-14-15-16(11)6-9(17)18/h7-8H,2-6H2,1H3,(H,12,19)(H,17,18). The van der Waals surface area contributed by atoms with Crippen LogP contribution < -0.4 is 5.32 Å². The zero-order chi connectivity index (χ0) is 14.5. The minimum atomic E-state index is -1.03. The molecule has 1 aliphatic carbocycles. The Hall–Kier alpha value is -1.64. The van der Waals surface area contributed by atoms with E-state index in [1.165, 1.54) is 4.68 Å². The van der Waals surface area contributed by atoms with Crippen LogP contribution in [0.4, 0.5) is 0 Å². The van der Waals surface area contributed by atoms with Crippen molar-refractivity contribution in [3.8, 4) is 0 Å². The summed E-state index contributed by atoms with van der Waals surface area (Å²) in [5.41, 5.74) is 0. The molecule has 0 spiro atoms. The van der Waals surface area contributed by atoms with E-state index < -0.39 is 5.97 Å². The predicted octanol–water partition coefficient (Wildman–Crippen LogP) is 0.297. The van der Waals surface area contributed by atoms with Gasteiger partial charge in [-0.15, -0.1) is 5.10 Å². The first-order valence-electron chi connectivity index (χ1n) is 6.51. The highest BCUT2D eigenvalue weighted by Crippen LogP contribution is 2.22. The number of aromatic nitrogens is 4. The molecule has 110 valence electrons. The van der Waals surface area contributed by atoms with Crippen molar-refractivity contribution in [2.45, 2.75) is 55.6 Å². The Balaban J connectivity index is 1.89. The summed E-state index contributed by atoms with van der Waals surface area (Å²) in [4.78, 5) is 22.7. The second kappa shape index (κ2) is 6.69. The lowest BCUT2D eigenvalue weighted by molar-refractivity contribution is -0.138. The van der Waals surface area contributed by atoms with Crippen LogP contribution in [0, 0.1) is 0 Å². The molecule has 0 saturated heterocycles. The Morgan fingerprint density at radius 1 is 1.50 bits per heavy atom. The van der Waals surface area contributed by atoms with Crippen LogP contribution in [0.5, 0.6) is 0 Å². The summed E-state index contributed by atoms with van der Waals surface area (Å²) in [7, 11) is 0. The van der Waals surface area contributed by atoms with Crippen LogP contribution in [-0.4, -0.2) is 48.5 Å². The Morgan fingerprint density at radius 2 is 2.20 bits per heavy atom. The number of hydrogen-bond donors (Lipinski definition) is 2. The normalized spacial score (nSPS) is 17.1. The van der Waals surface area contributed by atoms with Crippen molar-refractivity contribution >= 4 is 23.6 Å². The van der Waals surface area contributed by atoms with E-state index in [-0.39, 0.29) is 23.7 Å². The van der Waals surface area contributed by atoms with Crippen LogP contribution in [0.15, 0.2) is 5.16 Å². The van der Waals surface area contributed by atoms with Crippen LogP contribution >= 0.6 is 11.8 Å². The van der Waals surface area contributed by atoms with Crippen molar-refractivity contribution in [3.63, 3.8) is 0 Å². The molecule has 2 rings (SSSR count). The molecule has 1 heterocycles. The lowest BCUT2D eigenvalue weighted by Crippen LogP contribution is -2.37. The highest BCUT2D eigenvalue weighted by molar-refractivity contribution is 8.00. The molecular weight excluding hydrogens is 282 g/mol. The Morgan fingerprint density at radius 3 is 2.85 bits per heavy atom. The number of carbonyl (C=O) groups excluding carboxylic acids is 1. The van der Waals surface area contributed by atoms with Crippen LogP contribution in [0.3, 0.4) is 0 Å². The van der Waals surface area contributed by atoms with E-state index in [2.05, 4.69) is 20.8 Å². The third-order valence-electron chi connectivity index (χ3n) is 3.14. The summed E-state index contributed by atoms with van der Waals surface area (Å²) in [6, 6.07) is 0.264. The average Bonchev–Trinajstić information content (AvgIpc) is 3.01. The number of carboxylic acid groups (broad SMARTS) is 1. The number of hydrogen-bond acceptors (Lipinski definition) is 6. The van der Waals surface area contributed by atoms with Crippen molar-refractivity contribution in [2.75, 3.05) is 0 Å². The van der Waals surface area contributed by atoms with Crippen LogP contribution in [0.2, 0.25) is 0 Å². The fraction of sp³-hybridized carbons (Fsp3) is 0.727. The van der Waals surface area contributed by atoms with E-state index in [9.17, 15) is 9.59 Å². The summed E-state index contributed by atoms with van der Waals surface area (Å²) in [5, 5.41) is 22.5. The molecule has 9 heteroatoms. The first kappa shape index (κ1) is 14.8. The van der Waals surface area contributed by atoms with Crippen molar-refractivity contribution in [3.05, 3.63) is 0 Å². The fourth-order valence-electron chi connectivity index (χ4n) is 2.11. The SMILES string of the molecule is CC(Sc1nnnn1CC(=O)O)C(=O)NC1CCCC1. The van der Waals surface area contributed by atoms with Gasteiger partial charge in [-0.3, -0.25) is 9.59 Å². The molecule has 2 N–H and O–H groups in total. The number of carboxylic acids is 1. The second-order valence-corrected chi connectivity index (χ2v) is 6.07. The van der Waals surface area contributed by atoms with E-state index in [1.807, 2.05) is 0 Å². The third-order valence-corrected chi connectivity index (χ3v) is 4.21. The number of rotatable bonds is 6. The average molecular weight is 299 g/mol. The minimum absolute atomic E-state index is 0.0632. The molecule has 1 fully saturated rings. The first-order chi connectivity index (χ1) is 9.56. The summed E-state index contributed by atoms with van der Waals surface area (Å²) in [5.74, 6) is -1.09. The molecule has 0 bridgehead atoms. The van der Waals surface area contributed by atoms with Gasteiger partial charge >= 0.3 is 5.97 Å². The molecule has 0 aromatic carbocycles. The van der Waals surface area contributed by atoms with E-state index in [0.29, 0.717) is 5.16 Å². The molecule has 1 aromatic rings. The van der Waals surface area contributed by atoms with Gasteiger partial charge in [-0.25, -0.2) is 4.68 Å². The zero-order valence-corrected chi connectivity index (χ0v) is 12.0. The summed E-state index contributed by atoms with van der Waals surface area (Å²) in [6.07, 6.45) is 4.37. The highest BCUT2D eigenvalue weighted by atomic mass is 32.2. The molecule has 0 aliphatic heterocycles. The first-order valence-corrected chi connectivity index (χ1v) is 7.39. The molecule has 0 radical (unpaired) electrons. The number of tetrazole rings is 1. The van der Waals surface area contributed by atoms with Gasteiger partial charge in [0.05, 0.1) is 5.25 Å². The molecule has 1 aliphatic rings. The zero-order valence-electron chi connectivity index (χ0n) is 11.2. The lowest BCUT2D eigenvalue weighted by atomic mass is 10.2. The Bertz CT molecular complexity index is 486. The maximum atomic E-state index is 12.0. The fourth-order valence-corrected chi connectivity index (χ4v) is 2.91. The lowest BCUT2D eigenvalue weighted by Gasteiger charge is -2.15.